The van der Waals surface area contributed by atoms with E-state index in [-0.39, 0.29) is 5.82 Å². The minimum absolute atomic E-state index is 0.227. The van der Waals surface area contributed by atoms with Crippen LogP contribution in [0.25, 0.3) is 77.7 Å². The molecule has 0 saturated heterocycles. The lowest BCUT2D eigenvalue weighted by Gasteiger charge is -2.18. The molecule has 0 spiro atoms. The number of aryl methyl sites for hydroxylation is 14. The molecule has 0 N–H and O–H groups in total. The molecule has 0 radical (unpaired) electrons. The standard InChI is InChI=1S/C19H24NO.C19H18N.C15H13FNO.C14H15N2S.C12H12Cl2NO2/c1-4-21-17-9-10-19(20(3)13-17)18-12-16-8-6-5-7-15(16)11-14(18)2;1-15-8-6-7-11-18(15)19-14-17(12-13-20(19)2)16-9-4-3-5-10-16;1-10-7-15-11(4-6-18-15)8-13(10)14-9-12(16)3-5-17(14)2;1-9-6-13(16(4)8-11(9)3)14-10(2)5-12(7-15)17-14;1-7-9(5-11(16-3)17-7)12-10(14)4-8(13)6-15(12)2/h9-13H,4-8H2,1-3H3;3-14H,1-2H3;3-9H,1-2H3;5-6,8H,1-4H3;4-6H,1-3H3/q5*+1. The van der Waals surface area contributed by atoms with E-state index in [1.165, 1.54) is 109 Å². The zero-order valence-electron chi connectivity index (χ0n) is 55.7. The molecule has 8 aromatic heterocycles. The Morgan fingerprint density at radius 1 is 0.559 bits per heavy atom. The molecule has 14 heteroatoms. The van der Waals surface area contributed by atoms with Gasteiger partial charge in [0.2, 0.25) is 34.7 Å². The largest absolute Gasteiger partial charge is 0.488 e. The first kappa shape index (κ1) is 68.1. The van der Waals surface area contributed by atoms with Crippen LogP contribution in [0.3, 0.4) is 0 Å². The molecule has 8 heterocycles. The molecule has 93 heavy (non-hydrogen) atoms. The van der Waals surface area contributed by atoms with Crippen LogP contribution in [-0.4, -0.2) is 13.7 Å². The van der Waals surface area contributed by atoms with Crippen LogP contribution in [0.2, 0.25) is 10.0 Å². The van der Waals surface area contributed by atoms with Crippen molar-refractivity contribution in [2.45, 2.75) is 81.1 Å². The number of hydrogen-bond donors (Lipinski definition) is 0. The quantitative estimate of drug-likeness (QED) is 0.134. The molecule has 13 rings (SSSR count). The fourth-order valence-electron chi connectivity index (χ4n) is 11.7. The van der Waals surface area contributed by atoms with Crippen LogP contribution in [0.4, 0.5) is 4.39 Å². The monoisotopic (exact) mass is 1300 g/mol. The number of nitrogens with zero attached hydrogens (tertiary/aromatic N) is 6. The second kappa shape index (κ2) is 30.9. The van der Waals surface area contributed by atoms with Crippen molar-refractivity contribution in [2.24, 2.45) is 35.2 Å². The highest BCUT2D eigenvalue weighted by Gasteiger charge is 2.24. The Hall–Kier alpha value is -9.25. The number of ether oxygens (including phenoxy) is 2. The molecule has 0 bridgehead atoms. The van der Waals surface area contributed by atoms with Crippen molar-refractivity contribution in [1.29, 1.82) is 5.26 Å². The van der Waals surface area contributed by atoms with Crippen LogP contribution in [0.15, 0.2) is 192 Å². The van der Waals surface area contributed by atoms with Crippen molar-refractivity contribution in [3.05, 3.63) is 254 Å². The Balaban J connectivity index is 0.000000137. The van der Waals surface area contributed by atoms with Crippen LogP contribution in [-0.2, 0) is 48.1 Å². The van der Waals surface area contributed by atoms with Gasteiger partial charge in [-0.1, -0.05) is 77.8 Å². The van der Waals surface area contributed by atoms with Crippen LogP contribution < -0.4 is 32.3 Å². The van der Waals surface area contributed by atoms with Gasteiger partial charge in [-0.05, 0) is 180 Å². The third-order valence-corrected chi connectivity index (χ3v) is 18.4. The van der Waals surface area contributed by atoms with E-state index in [0.29, 0.717) is 22.6 Å². The van der Waals surface area contributed by atoms with E-state index in [9.17, 15) is 4.39 Å². The lowest BCUT2D eigenvalue weighted by atomic mass is 9.87. The number of nitriles is 1. The molecule has 10 nitrogen and oxygen atoms in total. The fraction of sp³-hybridized carbons (Fsp3) is 0.241. The smallest absolute Gasteiger partial charge is 0.285 e. The number of aromatic nitrogens is 5. The van der Waals surface area contributed by atoms with Crippen LogP contribution in [0.5, 0.6) is 11.7 Å². The number of hydrogen-bond acceptors (Lipinski definition) is 6. The summed E-state index contributed by atoms with van der Waals surface area (Å²) in [6, 6.07) is 51.3. The molecule has 1 aliphatic carbocycles. The Labute approximate surface area is 561 Å². The molecule has 0 fully saturated rings. The molecule has 4 aromatic carbocycles. The van der Waals surface area contributed by atoms with Crippen molar-refractivity contribution < 1.29 is 45.5 Å². The van der Waals surface area contributed by atoms with Gasteiger partial charge in [0, 0.05) is 64.5 Å². The molecular weight excluding hydrogens is 1220 g/mol. The van der Waals surface area contributed by atoms with Gasteiger partial charge in [-0.3, -0.25) is 0 Å². The maximum Gasteiger partial charge on any atom is 0.285 e. The average Bonchev–Trinajstić information content (AvgIpc) is 1.73. The topological polar surface area (TPSA) is 87.9 Å². The maximum absolute atomic E-state index is 13.4. The normalized spacial score (nSPS) is 11.4. The minimum Gasteiger partial charge on any atom is -0.488 e. The van der Waals surface area contributed by atoms with Gasteiger partial charge in [0.15, 0.2) is 30.5 Å². The number of fused-ring (bicyclic) bond motifs is 2. The van der Waals surface area contributed by atoms with Crippen LogP contribution >= 0.6 is 34.5 Å². The molecule has 0 unspecified atom stereocenters. The number of rotatable bonds is 9. The third-order valence-electron chi connectivity index (χ3n) is 16.8. The third kappa shape index (κ3) is 16.5. The number of furan rings is 2. The van der Waals surface area contributed by atoms with E-state index in [4.69, 9.17) is 46.8 Å². The molecule has 0 aliphatic heterocycles. The number of benzene rings is 4. The Morgan fingerprint density at radius 3 is 1.89 bits per heavy atom. The van der Waals surface area contributed by atoms with E-state index in [1.807, 2.05) is 81.4 Å². The number of methoxy groups -OCH3 is 1. The summed E-state index contributed by atoms with van der Waals surface area (Å²) < 4.78 is 45.1. The summed E-state index contributed by atoms with van der Waals surface area (Å²) in [5.41, 5.74) is 23.9. The van der Waals surface area contributed by atoms with Crippen LogP contribution in [0.1, 0.15) is 74.9 Å². The van der Waals surface area contributed by atoms with Crippen molar-refractivity contribution in [3.63, 3.8) is 0 Å². The van der Waals surface area contributed by atoms with Gasteiger partial charge in [-0.15, -0.1) is 11.3 Å². The fourth-order valence-corrected chi connectivity index (χ4v) is 13.4. The number of halogens is 3. The van der Waals surface area contributed by atoms with Crippen molar-refractivity contribution in [1.82, 2.24) is 0 Å². The second-order valence-corrected chi connectivity index (χ2v) is 25.5. The average molecular weight is 1300 g/mol. The summed E-state index contributed by atoms with van der Waals surface area (Å²) in [7, 11) is 11.6. The number of thiophene rings is 1. The Bertz CT molecular complexity index is 4660. The van der Waals surface area contributed by atoms with Crippen molar-refractivity contribution in [2.75, 3.05) is 13.7 Å². The highest BCUT2D eigenvalue weighted by atomic mass is 35.5. The van der Waals surface area contributed by atoms with Gasteiger partial charge in [0.25, 0.3) is 5.95 Å². The summed E-state index contributed by atoms with van der Waals surface area (Å²) in [6.07, 6.45) is 16.6. The molecular formula is C79H82Cl2FN6O4S+5. The lowest BCUT2D eigenvalue weighted by Crippen LogP contribution is -2.31. The molecule has 0 saturated carbocycles. The highest BCUT2D eigenvalue weighted by Crippen LogP contribution is 2.36. The first-order valence-corrected chi connectivity index (χ1v) is 32.7. The Morgan fingerprint density at radius 2 is 1.23 bits per heavy atom. The SMILES string of the molecule is CCOc1ccc(-c2cc3c(cc2C)CCCC3)[n+](C)c1.COc1cc(-c2c(Cl)cc(Cl)c[n+]2C)c(C)o1.Cc1cc(-c2sc(C#N)cc2C)[n+](C)cc1C.Cc1cc2occc2cc1-c1cc(F)cc[n+]1C.Cc1ccccc1-c1cc(-c2ccccc2)cc[n+]1C. The van der Waals surface area contributed by atoms with Gasteiger partial charge in [0.1, 0.15) is 78.3 Å². The van der Waals surface area contributed by atoms with Gasteiger partial charge < -0.3 is 18.3 Å². The van der Waals surface area contributed by atoms with E-state index in [2.05, 4.69) is 184 Å². The van der Waals surface area contributed by atoms with Gasteiger partial charge in [0.05, 0.1) is 31.1 Å². The zero-order chi connectivity index (χ0) is 66.6. The lowest BCUT2D eigenvalue weighted by molar-refractivity contribution is -0.660. The zero-order valence-corrected chi connectivity index (χ0v) is 58.0. The molecule has 0 atom stereocenters. The predicted molar refractivity (Wildman–Crippen MR) is 373 cm³/mol. The van der Waals surface area contributed by atoms with E-state index >= 15 is 0 Å². The minimum atomic E-state index is -0.227. The molecule has 0 amide bonds. The van der Waals surface area contributed by atoms with Crippen molar-refractivity contribution in [3.8, 4) is 84.5 Å². The molecule has 1 aliphatic rings. The van der Waals surface area contributed by atoms with Gasteiger partial charge in [-0.25, -0.2) is 18.1 Å². The van der Waals surface area contributed by atoms with E-state index in [1.54, 1.807) is 54.8 Å². The first-order valence-electron chi connectivity index (χ1n) is 31.1. The molecule has 12 aromatic rings. The maximum atomic E-state index is 13.4. The predicted octanol–water partition coefficient (Wildman–Crippen LogP) is 17.7. The first-order chi connectivity index (χ1) is 44.6. The van der Waals surface area contributed by atoms with Gasteiger partial charge >= 0.3 is 0 Å². The van der Waals surface area contributed by atoms with E-state index in [0.717, 1.165) is 55.4 Å². The second-order valence-electron chi connectivity index (χ2n) is 23.6. The number of pyridine rings is 5. The summed E-state index contributed by atoms with van der Waals surface area (Å²) in [6.45, 7) is 17.3. The summed E-state index contributed by atoms with van der Waals surface area (Å²) in [5.74, 6) is 1.92. The van der Waals surface area contributed by atoms with Crippen molar-refractivity contribution >= 4 is 45.5 Å². The van der Waals surface area contributed by atoms with Gasteiger partial charge in [-0.2, -0.15) is 14.4 Å². The summed E-state index contributed by atoms with van der Waals surface area (Å²) in [4.78, 5) is 1.96. The summed E-state index contributed by atoms with van der Waals surface area (Å²) in [5, 5.41) is 11.1. The summed E-state index contributed by atoms with van der Waals surface area (Å²) >= 11 is 13.7. The highest BCUT2D eigenvalue weighted by molar-refractivity contribution is 7.16. The van der Waals surface area contributed by atoms with Crippen LogP contribution in [0, 0.1) is 65.6 Å². The Kier molecular flexibility index (Phi) is 22.6. The molecule has 474 valence electrons. The van der Waals surface area contributed by atoms with E-state index < -0.39 is 0 Å².